The second-order valence-electron chi connectivity index (χ2n) is 4.91. The molecule has 0 aromatic carbocycles. The van der Waals surface area contributed by atoms with E-state index in [2.05, 4.69) is 20.6 Å². The Bertz CT molecular complexity index is 447. The monoisotopic (exact) mass is 263 g/mol. The van der Waals surface area contributed by atoms with E-state index in [-0.39, 0.29) is 6.03 Å². The molecule has 6 heteroatoms. The zero-order valence-electron chi connectivity index (χ0n) is 11.6. The fourth-order valence-corrected chi connectivity index (χ4v) is 2.18. The van der Waals surface area contributed by atoms with Crippen LogP contribution in [-0.4, -0.2) is 48.1 Å². The third-order valence-electron chi connectivity index (χ3n) is 3.22. The van der Waals surface area contributed by atoms with Crippen molar-refractivity contribution in [2.45, 2.75) is 25.7 Å². The minimum atomic E-state index is -0.0773. The summed E-state index contributed by atoms with van der Waals surface area (Å²) in [6.07, 6.45) is 6.12. The van der Waals surface area contributed by atoms with Gasteiger partial charge in [0.2, 0.25) is 0 Å². The molecule has 0 radical (unpaired) electrons. The Labute approximate surface area is 113 Å². The maximum absolute atomic E-state index is 11.3. The van der Waals surface area contributed by atoms with Gasteiger partial charge < -0.3 is 15.5 Å². The molecule has 104 valence electrons. The number of hydrogen-bond donors (Lipinski definition) is 2. The molecular weight excluding hydrogens is 242 g/mol. The number of nitrogens with zero attached hydrogens (tertiary/aromatic N) is 3. The Morgan fingerprint density at radius 3 is 2.84 bits per heavy atom. The molecule has 0 aliphatic heterocycles. The molecule has 2 rings (SSSR count). The van der Waals surface area contributed by atoms with Gasteiger partial charge in [0.1, 0.15) is 12.1 Å². The van der Waals surface area contributed by atoms with E-state index in [1.54, 1.807) is 20.4 Å². The van der Waals surface area contributed by atoms with E-state index in [9.17, 15) is 4.79 Å². The van der Waals surface area contributed by atoms with E-state index in [4.69, 9.17) is 0 Å². The number of aromatic nitrogens is 2. The molecule has 19 heavy (non-hydrogen) atoms. The van der Waals surface area contributed by atoms with Crippen LogP contribution >= 0.6 is 0 Å². The summed E-state index contributed by atoms with van der Waals surface area (Å²) < 4.78 is 0. The molecule has 6 nitrogen and oxygen atoms in total. The lowest BCUT2D eigenvalue weighted by atomic mass is 9.96. The third kappa shape index (κ3) is 3.56. The van der Waals surface area contributed by atoms with Crippen LogP contribution in [-0.2, 0) is 12.8 Å². The number of rotatable bonds is 4. The predicted octanol–water partition coefficient (Wildman–Crippen LogP) is 1.04. The summed E-state index contributed by atoms with van der Waals surface area (Å²) in [6.45, 7) is 1.25. The molecule has 1 aromatic heterocycles. The first kappa shape index (κ1) is 13.6. The number of amides is 2. The first-order valence-corrected chi connectivity index (χ1v) is 6.70. The second-order valence-corrected chi connectivity index (χ2v) is 4.91. The quantitative estimate of drug-likeness (QED) is 0.796. The van der Waals surface area contributed by atoms with Crippen LogP contribution in [0.2, 0.25) is 0 Å². The van der Waals surface area contributed by atoms with E-state index in [1.807, 2.05) is 0 Å². The van der Waals surface area contributed by atoms with Gasteiger partial charge in [0.15, 0.2) is 0 Å². The largest absolute Gasteiger partial charge is 0.368 e. The maximum atomic E-state index is 11.3. The van der Waals surface area contributed by atoms with Crippen molar-refractivity contribution in [2.24, 2.45) is 0 Å². The number of fused-ring (bicyclic) bond motifs is 1. The zero-order chi connectivity index (χ0) is 13.7. The number of nitrogens with one attached hydrogen (secondary N) is 2. The Hall–Kier alpha value is -1.85. The predicted molar refractivity (Wildman–Crippen MR) is 74.2 cm³/mol. The van der Waals surface area contributed by atoms with Gasteiger partial charge in [-0.25, -0.2) is 14.8 Å². The highest BCUT2D eigenvalue weighted by molar-refractivity contribution is 5.73. The Kier molecular flexibility index (Phi) is 4.54. The number of hydrogen-bond acceptors (Lipinski definition) is 4. The van der Waals surface area contributed by atoms with Crippen LogP contribution < -0.4 is 10.6 Å². The lowest BCUT2D eigenvalue weighted by molar-refractivity contribution is 0.218. The Balaban J connectivity index is 1.85. The zero-order valence-corrected chi connectivity index (χ0v) is 11.6. The first-order chi connectivity index (χ1) is 9.18. The normalized spacial score (nSPS) is 13.6. The van der Waals surface area contributed by atoms with Gasteiger partial charge >= 0.3 is 6.03 Å². The SMILES string of the molecule is CN(C)C(=O)NCCNc1ncnc2c1CCCC2. The van der Waals surface area contributed by atoms with Crippen molar-refractivity contribution in [3.05, 3.63) is 17.6 Å². The van der Waals surface area contributed by atoms with Crippen molar-refractivity contribution in [3.63, 3.8) is 0 Å². The summed E-state index contributed by atoms with van der Waals surface area (Å²) in [4.78, 5) is 21.5. The molecule has 0 saturated carbocycles. The Morgan fingerprint density at radius 1 is 1.26 bits per heavy atom. The summed E-state index contributed by atoms with van der Waals surface area (Å²) in [6, 6.07) is -0.0773. The molecule has 0 atom stereocenters. The van der Waals surface area contributed by atoms with Crippen molar-refractivity contribution < 1.29 is 4.79 Å². The fraction of sp³-hybridized carbons (Fsp3) is 0.615. The molecule has 1 heterocycles. The Morgan fingerprint density at radius 2 is 2.05 bits per heavy atom. The molecule has 0 spiro atoms. The molecule has 1 aromatic rings. The minimum absolute atomic E-state index is 0.0773. The number of aryl methyl sites for hydroxylation is 1. The molecular formula is C13H21N5O. The van der Waals surface area contributed by atoms with Crippen molar-refractivity contribution in [3.8, 4) is 0 Å². The summed E-state index contributed by atoms with van der Waals surface area (Å²) in [7, 11) is 3.45. The summed E-state index contributed by atoms with van der Waals surface area (Å²) in [5, 5.41) is 6.10. The standard InChI is InChI=1S/C13H21N5O/c1-18(2)13(19)15-8-7-14-12-10-5-3-4-6-11(10)16-9-17-12/h9H,3-8H2,1-2H3,(H,15,19)(H,14,16,17). The number of anilines is 1. The van der Waals surface area contributed by atoms with Crippen LogP contribution in [0.4, 0.5) is 10.6 Å². The lowest BCUT2D eigenvalue weighted by Gasteiger charge is -2.18. The van der Waals surface area contributed by atoms with Crippen molar-refractivity contribution >= 4 is 11.8 Å². The number of carbonyl (C=O) groups excluding carboxylic acids is 1. The molecule has 0 fully saturated rings. The lowest BCUT2D eigenvalue weighted by Crippen LogP contribution is -2.37. The van der Waals surface area contributed by atoms with Gasteiger partial charge in [0.05, 0.1) is 0 Å². The van der Waals surface area contributed by atoms with Gasteiger partial charge in [-0.15, -0.1) is 0 Å². The number of urea groups is 1. The van der Waals surface area contributed by atoms with E-state index >= 15 is 0 Å². The van der Waals surface area contributed by atoms with Crippen LogP contribution in [0.5, 0.6) is 0 Å². The molecule has 2 amide bonds. The third-order valence-corrected chi connectivity index (χ3v) is 3.22. The fourth-order valence-electron chi connectivity index (χ4n) is 2.18. The van der Waals surface area contributed by atoms with Gasteiger partial charge in [0.25, 0.3) is 0 Å². The van der Waals surface area contributed by atoms with Gasteiger partial charge in [-0.1, -0.05) is 0 Å². The van der Waals surface area contributed by atoms with Crippen LogP contribution in [0.15, 0.2) is 6.33 Å². The second kappa shape index (κ2) is 6.36. The highest BCUT2D eigenvalue weighted by Gasteiger charge is 2.14. The van der Waals surface area contributed by atoms with Crippen LogP contribution in [0, 0.1) is 0 Å². The summed E-state index contributed by atoms with van der Waals surface area (Å²) >= 11 is 0. The van der Waals surface area contributed by atoms with Gasteiger partial charge in [-0.2, -0.15) is 0 Å². The highest BCUT2D eigenvalue weighted by Crippen LogP contribution is 2.23. The van der Waals surface area contributed by atoms with Gasteiger partial charge in [-0.05, 0) is 25.7 Å². The van der Waals surface area contributed by atoms with Crippen LogP contribution in [0.25, 0.3) is 0 Å². The minimum Gasteiger partial charge on any atom is -0.368 e. The molecule has 1 aliphatic carbocycles. The van der Waals surface area contributed by atoms with Crippen molar-refractivity contribution in [2.75, 3.05) is 32.5 Å². The van der Waals surface area contributed by atoms with E-state index in [0.717, 1.165) is 18.7 Å². The van der Waals surface area contributed by atoms with Crippen LogP contribution in [0.3, 0.4) is 0 Å². The molecule has 0 saturated heterocycles. The average Bonchev–Trinajstić information content (AvgIpc) is 2.43. The topological polar surface area (TPSA) is 70.2 Å². The van der Waals surface area contributed by atoms with E-state index < -0.39 is 0 Å². The van der Waals surface area contributed by atoms with Gasteiger partial charge in [0, 0.05) is 38.4 Å². The molecule has 0 bridgehead atoms. The summed E-state index contributed by atoms with van der Waals surface area (Å²) in [5.41, 5.74) is 2.41. The van der Waals surface area contributed by atoms with Crippen molar-refractivity contribution in [1.29, 1.82) is 0 Å². The smallest absolute Gasteiger partial charge is 0.316 e. The molecule has 1 aliphatic rings. The first-order valence-electron chi connectivity index (χ1n) is 6.70. The van der Waals surface area contributed by atoms with Crippen molar-refractivity contribution in [1.82, 2.24) is 20.2 Å². The molecule has 2 N–H and O–H groups in total. The summed E-state index contributed by atoms with van der Waals surface area (Å²) in [5.74, 6) is 0.920. The van der Waals surface area contributed by atoms with Crippen LogP contribution in [0.1, 0.15) is 24.1 Å². The van der Waals surface area contributed by atoms with Gasteiger partial charge in [-0.3, -0.25) is 0 Å². The highest BCUT2D eigenvalue weighted by atomic mass is 16.2. The van der Waals surface area contributed by atoms with E-state index in [0.29, 0.717) is 13.1 Å². The van der Waals surface area contributed by atoms with E-state index in [1.165, 1.54) is 29.0 Å². The molecule has 0 unspecified atom stereocenters. The number of carbonyl (C=O) groups is 1. The maximum Gasteiger partial charge on any atom is 0.316 e. The average molecular weight is 263 g/mol.